The summed E-state index contributed by atoms with van der Waals surface area (Å²) in [6.45, 7) is 5.23. The number of likely N-dealkylation sites (tertiary alicyclic amines) is 1. The Kier molecular flexibility index (Phi) is 8.04. The third-order valence-electron chi connectivity index (χ3n) is 5.23. The molecular formula is C17H29ClN4O3S. The Bertz CT molecular complexity index is 536. The maximum Gasteiger partial charge on any atom is 0.246 e. The van der Waals surface area contributed by atoms with E-state index in [0.717, 1.165) is 32.4 Å². The first-order valence-electron chi connectivity index (χ1n) is 9.28. The lowest BCUT2D eigenvalue weighted by atomic mass is 10.0. The van der Waals surface area contributed by atoms with Crippen LogP contribution in [0.15, 0.2) is 0 Å². The standard InChI is InChI=1S/C17H28N4O3S.ClH/c1-2-4-15(22)21-12-25-11-14(21)17(24)19-7-3-5-13(10-19)20-8-6-18-9-16(20)23;/h13-14,18H,2-12H2,1H3;1H. The molecule has 3 fully saturated rings. The molecule has 0 saturated carbocycles. The molecule has 3 aliphatic heterocycles. The number of rotatable bonds is 4. The van der Waals surface area contributed by atoms with Gasteiger partial charge in [-0.3, -0.25) is 14.4 Å². The summed E-state index contributed by atoms with van der Waals surface area (Å²) >= 11 is 1.65. The van der Waals surface area contributed by atoms with Gasteiger partial charge in [0.05, 0.1) is 12.4 Å². The second kappa shape index (κ2) is 9.80. The highest BCUT2D eigenvalue weighted by atomic mass is 35.5. The molecule has 3 aliphatic rings. The van der Waals surface area contributed by atoms with Crippen molar-refractivity contribution in [2.45, 2.75) is 44.7 Å². The summed E-state index contributed by atoms with van der Waals surface area (Å²) in [4.78, 5) is 43.0. The molecule has 7 nitrogen and oxygen atoms in total. The second-order valence-corrected chi connectivity index (χ2v) is 7.97. The van der Waals surface area contributed by atoms with E-state index >= 15 is 0 Å². The maximum absolute atomic E-state index is 13.0. The van der Waals surface area contributed by atoms with Gasteiger partial charge in [0.1, 0.15) is 6.04 Å². The number of halogens is 1. The van der Waals surface area contributed by atoms with Crippen molar-refractivity contribution in [2.24, 2.45) is 0 Å². The van der Waals surface area contributed by atoms with Crippen molar-refractivity contribution in [1.82, 2.24) is 20.0 Å². The van der Waals surface area contributed by atoms with Crippen molar-refractivity contribution >= 4 is 41.9 Å². The lowest BCUT2D eigenvalue weighted by molar-refractivity contribution is -0.146. The highest BCUT2D eigenvalue weighted by Gasteiger charge is 2.39. The molecule has 0 bridgehead atoms. The van der Waals surface area contributed by atoms with Crippen molar-refractivity contribution < 1.29 is 14.4 Å². The van der Waals surface area contributed by atoms with Crippen LogP contribution < -0.4 is 5.32 Å². The van der Waals surface area contributed by atoms with E-state index in [1.807, 2.05) is 16.7 Å². The topological polar surface area (TPSA) is 73.0 Å². The Morgan fingerprint density at radius 2 is 2.12 bits per heavy atom. The fourth-order valence-electron chi connectivity index (χ4n) is 3.88. The van der Waals surface area contributed by atoms with Gasteiger partial charge in [-0.2, -0.15) is 0 Å². The molecular weight excluding hydrogens is 376 g/mol. The van der Waals surface area contributed by atoms with Gasteiger partial charge in [0.2, 0.25) is 17.7 Å². The van der Waals surface area contributed by atoms with Crippen LogP contribution in [-0.2, 0) is 14.4 Å². The van der Waals surface area contributed by atoms with Gasteiger partial charge >= 0.3 is 0 Å². The number of nitrogens with zero attached hydrogens (tertiary/aromatic N) is 3. The molecule has 1 N–H and O–H groups in total. The molecule has 9 heteroatoms. The minimum atomic E-state index is -0.332. The maximum atomic E-state index is 13.0. The van der Waals surface area contributed by atoms with Gasteiger partial charge in [-0.05, 0) is 19.3 Å². The predicted molar refractivity (Wildman–Crippen MR) is 104 cm³/mol. The Balaban J connectivity index is 0.00000243. The van der Waals surface area contributed by atoms with Crippen LogP contribution in [0.1, 0.15) is 32.6 Å². The molecule has 0 aromatic rings. The summed E-state index contributed by atoms with van der Waals surface area (Å²) in [5.41, 5.74) is 0. The molecule has 3 rings (SSSR count). The first-order chi connectivity index (χ1) is 12.1. The predicted octanol–water partition coefficient (Wildman–Crippen LogP) is 0.533. The van der Waals surface area contributed by atoms with Crippen molar-refractivity contribution in [3.05, 3.63) is 0 Å². The van der Waals surface area contributed by atoms with Gasteiger partial charge in [-0.15, -0.1) is 24.2 Å². The molecule has 3 amide bonds. The van der Waals surface area contributed by atoms with Crippen LogP contribution >= 0.6 is 24.2 Å². The first kappa shape index (κ1) is 21.3. The minimum Gasteiger partial charge on any atom is -0.339 e. The van der Waals surface area contributed by atoms with Gasteiger partial charge in [-0.25, -0.2) is 0 Å². The van der Waals surface area contributed by atoms with Gasteiger partial charge < -0.3 is 20.0 Å². The zero-order valence-corrected chi connectivity index (χ0v) is 16.9. The second-order valence-electron chi connectivity index (χ2n) is 6.97. The average molecular weight is 405 g/mol. The molecule has 2 unspecified atom stereocenters. The van der Waals surface area contributed by atoms with Crippen LogP contribution in [0.3, 0.4) is 0 Å². The van der Waals surface area contributed by atoms with E-state index in [4.69, 9.17) is 0 Å². The number of hydrogen-bond donors (Lipinski definition) is 1. The van der Waals surface area contributed by atoms with Crippen LogP contribution in [0.4, 0.5) is 0 Å². The summed E-state index contributed by atoms with van der Waals surface area (Å²) in [5.74, 6) is 1.56. The molecule has 0 aromatic heterocycles. The lowest BCUT2D eigenvalue weighted by Gasteiger charge is -2.42. The molecule has 0 radical (unpaired) electrons. The van der Waals surface area contributed by atoms with Crippen molar-refractivity contribution in [1.29, 1.82) is 0 Å². The molecule has 26 heavy (non-hydrogen) atoms. The van der Waals surface area contributed by atoms with E-state index in [1.165, 1.54) is 0 Å². The Morgan fingerprint density at radius 1 is 1.31 bits per heavy atom. The number of thioether (sulfide) groups is 1. The van der Waals surface area contributed by atoms with Crippen molar-refractivity contribution in [3.8, 4) is 0 Å². The Morgan fingerprint density at radius 3 is 2.85 bits per heavy atom. The van der Waals surface area contributed by atoms with E-state index in [0.29, 0.717) is 37.7 Å². The third-order valence-corrected chi connectivity index (χ3v) is 6.24. The lowest BCUT2D eigenvalue weighted by Crippen LogP contribution is -2.59. The minimum absolute atomic E-state index is 0. The Hall–Kier alpha value is -0.990. The van der Waals surface area contributed by atoms with E-state index in [1.54, 1.807) is 16.7 Å². The molecule has 0 aromatic carbocycles. The van der Waals surface area contributed by atoms with E-state index in [-0.39, 0.29) is 42.2 Å². The SMILES string of the molecule is CCCC(=O)N1CSCC1C(=O)N1CCCC(N2CCNCC2=O)C1.Cl. The number of amides is 3. The van der Waals surface area contributed by atoms with E-state index < -0.39 is 0 Å². The molecule has 2 atom stereocenters. The summed E-state index contributed by atoms with van der Waals surface area (Å²) in [5, 5.41) is 3.09. The highest BCUT2D eigenvalue weighted by molar-refractivity contribution is 7.99. The van der Waals surface area contributed by atoms with Crippen LogP contribution in [0.5, 0.6) is 0 Å². The van der Waals surface area contributed by atoms with Crippen LogP contribution in [0.25, 0.3) is 0 Å². The van der Waals surface area contributed by atoms with E-state index in [2.05, 4.69) is 5.32 Å². The molecule has 3 saturated heterocycles. The quantitative estimate of drug-likeness (QED) is 0.740. The van der Waals surface area contributed by atoms with Crippen LogP contribution in [0, 0.1) is 0 Å². The number of carbonyl (C=O) groups is 3. The van der Waals surface area contributed by atoms with Gasteiger partial charge in [-0.1, -0.05) is 6.92 Å². The summed E-state index contributed by atoms with van der Waals surface area (Å²) in [6.07, 6.45) is 3.17. The number of piperazine rings is 1. The number of piperidine rings is 1. The van der Waals surface area contributed by atoms with Gasteiger partial charge in [0.15, 0.2) is 0 Å². The number of carbonyl (C=O) groups excluding carboxylic acids is 3. The van der Waals surface area contributed by atoms with Gasteiger partial charge in [0.25, 0.3) is 0 Å². The monoisotopic (exact) mass is 404 g/mol. The normalized spacial score (nSPS) is 26.7. The Labute approximate surface area is 165 Å². The average Bonchev–Trinajstić information content (AvgIpc) is 3.11. The fraction of sp³-hybridized carbons (Fsp3) is 0.824. The summed E-state index contributed by atoms with van der Waals surface area (Å²) < 4.78 is 0. The number of nitrogens with one attached hydrogen (secondary N) is 1. The number of hydrogen-bond acceptors (Lipinski definition) is 5. The van der Waals surface area contributed by atoms with Crippen molar-refractivity contribution in [2.75, 3.05) is 44.4 Å². The smallest absolute Gasteiger partial charge is 0.246 e. The summed E-state index contributed by atoms with van der Waals surface area (Å²) in [6, 6.07) is -0.220. The molecule has 0 spiro atoms. The van der Waals surface area contributed by atoms with Crippen molar-refractivity contribution in [3.63, 3.8) is 0 Å². The third kappa shape index (κ3) is 4.64. The highest BCUT2D eigenvalue weighted by Crippen LogP contribution is 2.26. The molecule has 0 aliphatic carbocycles. The molecule has 148 valence electrons. The van der Waals surface area contributed by atoms with Crippen LogP contribution in [-0.4, -0.2) is 88.9 Å². The zero-order valence-electron chi connectivity index (χ0n) is 15.3. The van der Waals surface area contributed by atoms with Gasteiger partial charge in [0, 0.05) is 44.4 Å². The summed E-state index contributed by atoms with van der Waals surface area (Å²) in [7, 11) is 0. The molecule has 3 heterocycles. The van der Waals surface area contributed by atoms with E-state index in [9.17, 15) is 14.4 Å². The first-order valence-corrected chi connectivity index (χ1v) is 10.4. The van der Waals surface area contributed by atoms with Crippen LogP contribution in [0.2, 0.25) is 0 Å². The zero-order chi connectivity index (χ0) is 17.8. The largest absolute Gasteiger partial charge is 0.339 e. The fourth-order valence-corrected chi connectivity index (χ4v) is 5.05.